The highest BCUT2D eigenvalue weighted by Gasteiger charge is 2.25. The summed E-state index contributed by atoms with van der Waals surface area (Å²) in [6.07, 6.45) is 9.20. The minimum atomic E-state index is -0.370. The second-order valence-corrected chi connectivity index (χ2v) is 9.57. The van der Waals surface area contributed by atoms with Crippen molar-refractivity contribution in [1.29, 1.82) is 0 Å². The summed E-state index contributed by atoms with van der Waals surface area (Å²) in [4.78, 5) is 13.7. The maximum atomic E-state index is 12.1. The van der Waals surface area contributed by atoms with Gasteiger partial charge in [-0.25, -0.2) is 4.79 Å². The third-order valence-corrected chi connectivity index (χ3v) is 6.65. The number of nitrogens with zero attached hydrogens (tertiary/aromatic N) is 3. The van der Waals surface area contributed by atoms with Gasteiger partial charge in [0.25, 0.3) is 0 Å². The van der Waals surface area contributed by atoms with E-state index in [0.717, 1.165) is 79.9 Å². The van der Waals surface area contributed by atoms with E-state index in [1.165, 1.54) is 11.1 Å². The number of fused-ring (bicyclic) bond motifs is 1. The van der Waals surface area contributed by atoms with Crippen LogP contribution in [0.25, 0.3) is 16.7 Å². The number of carbonyl (C=O) groups is 1. The quantitative estimate of drug-likeness (QED) is 0.198. The van der Waals surface area contributed by atoms with Crippen LogP contribution in [0.1, 0.15) is 88.5 Å². The van der Waals surface area contributed by atoms with Gasteiger partial charge in [0.1, 0.15) is 22.5 Å². The first-order valence-electron chi connectivity index (χ1n) is 13.5. The molecule has 1 N–H and O–H groups in total. The fourth-order valence-electron chi connectivity index (χ4n) is 4.68. The van der Waals surface area contributed by atoms with Crippen molar-refractivity contribution in [2.75, 3.05) is 6.61 Å². The summed E-state index contributed by atoms with van der Waals surface area (Å²) in [6.45, 7) is 12.2. The predicted octanol–water partition coefficient (Wildman–Crippen LogP) is 6.82. The number of phenolic OH excluding ortho intramolecular Hbond substituents is 1. The van der Waals surface area contributed by atoms with Crippen LogP contribution in [0.2, 0.25) is 0 Å². The van der Waals surface area contributed by atoms with E-state index in [-0.39, 0.29) is 12.6 Å². The number of aromatic nitrogens is 3. The van der Waals surface area contributed by atoms with Crippen LogP contribution >= 0.6 is 0 Å². The fourth-order valence-corrected chi connectivity index (χ4v) is 4.68. The molecule has 0 saturated carbocycles. The third kappa shape index (κ3) is 6.34. The molecule has 194 valence electrons. The summed E-state index contributed by atoms with van der Waals surface area (Å²) < 4.78 is 5.53. The number of unbranched alkanes of at least 4 members (excludes halogenated alkanes) is 3. The number of aromatic hydroxyl groups is 1. The number of benzene rings is 2. The van der Waals surface area contributed by atoms with Gasteiger partial charge >= 0.3 is 5.97 Å². The Balaban J connectivity index is 2.24. The molecule has 3 rings (SSSR count). The third-order valence-electron chi connectivity index (χ3n) is 6.65. The summed E-state index contributed by atoms with van der Waals surface area (Å²) in [7, 11) is 0. The minimum absolute atomic E-state index is 0.274. The topological polar surface area (TPSA) is 77.2 Å². The highest BCUT2D eigenvalue weighted by atomic mass is 16.5. The van der Waals surface area contributed by atoms with Crippen molar-refractivity contribution in [3.05, 3.63) is 58.7 Å². The molecule has 0 atom stereocenters. The van der Waals surface area contributed by atoms with Gasteiger partial charge in [-0.15, -0.1) is 15.0 Å². The summed E-state index contributed by atoms with van der Waals surface area (Å²) in [5.74, 6) is -0.0749. The Kier molecular flexibility index (Phi) is 10.1. The van der Waals surface area contributed by atoms with E-state index < -0.39 is 0 Å². The van der Waals surface area contributed by atoms with Crippen molar-refractivity contribution in [2.45, 2.75) is 91.9 Å². The Morgan fingerprint density at radius 3 is 1.89 bits per heavy atom. The highest BCUT2D eigenvalue weighted by Crippen LogP contribution is 2.39. The molecule has 0 fully saturated rings. The number of carbonyl (C=O) groups excluding carboxylic acids is 1. The molecule has 6 heteroatoms. The number of rotatable bonds is 14. The summed E-state index contributed by atoms with van der Waals surface area (Å²) in [5.41, 5.74) is 7.09. The van der Waals surface area contributed by atoms with Crippen LogP contribution in [0.3, 0.4) is 0 Å². The zero-order chi connectivity index (χ0) is 26.1. The van der Waals surface area contributed by atoms with E-state index in [9.17, 15) is 9.90 Å². The molecule has 1 heterocycles. The van der Waals surface area contributed by atoms with Crippen LogP contribution in [0.4, 0.5) is 0 Å². The molecule has 0 aliphatic heterocycles. The largest absolute Gasteiger partial charge is 0.505 e. The van der Waals surface area contributed by atoms with Gasteiger partial charge in [0.15, 0.2) is 0 Å². The van der Waals surface area contributed by atoms with Gasteiger partial charge in [-0.1, -0.05) is 58.7 Å². The standard InChI is InChI=1S/C30H41N3O3/c1-6-9-14-22-23(19-20-36-30(35)21(4)5)24(15-10-7-2)28(29(34)25(22)16-11-8-3)33-31-26-17-12-13-18-27(26)32-33/h12-13,17-18,34H,4,6-11,14-16,19-20H2,1-3,5H3. The van der Waals surface area contributed by atoms with Gasteiger partial charge in [0.05, 0.1) is 6.61 Å². The Morgan fingerprint density at radius 2 is 1.36 bits per heavy atom. The van der Waals surface area contributed by atoms with Crippen molar-refractivity contribution < 1.29 is 14.6 Å². The first-order valence-corrected chi connectivity index (χ1v) is 13.5. The van der Waals surface area contributed by atoms with Crippen LogP contribution in [0.15, 0.2) is 36.4 Å². The number of phenols is 1. The van der Waals surface area contributed by atoms with Crippen LogP contribution in [0.5, 0.6) is 5.75 Å². The zero-order valence-corrected chi connectivity index (χ0v) is 22.4. The second kappa shape index (κ2) is 13.2. The lowest BCUT2D eigenvalue weighted by atomic mass is 9.85. The molecule has 2 aromatic carbocycles. The zero-order valence-electron chi connectivity index (χ0n) is 22.4. The normalized spacial score (nSPS) is 11.2. The molecule has 1 aromatic heterocycles. The average Bonchev–Trinajstić information content (AvgIpc) is 3.30. The van der Waals surface area contributed by atoms with Crippen molar-refractivity contribution in [3.8, 4) is 11.4 Å². The summed E-state index contributed by atoms with van der Waals surface area (Å²) >= 11 is 0. The molecule has 0 amide bonds. The summed E-state index contributed by atoms with van der Waals surface area (Å²) in [5, 5.41) is 21.3. The van der Waals surface area contributed by atoms with Crippen molar-refractivity contribution >= 4 is 17.0 Å². The van der Waals surface area contributed by atoms with Crippen LogP contribution < -0.4 is 0 Å². The van der Waals surface area contributed by atoms with Gasteiger partial charge in [-0.05, 0) is 79.8 Å². The molecular weight excluding hydrogens is 450 g/mol. The molecule has 0 unspecified atom stereocenters. The molecular formula is C30H41N3O3. The van der Waals surface area contributed by atoms with Crippen LogP contribution in [0, 0.1) is 0 Å². The highest BCUT2D eigenvalue weighted by molar-refractivity contribution is 5.86. The Hall–Kier alpha value is -3.15. The number of hydrogen-bond donors (Lipinski definition) is 1. The van der Waals surface area contributed by atoms with E-state index in [0.29, 0.717) is 23.4 Å². The molecule has 0 bridgehead atoms. The van der Waals surface area contributed by atoms with E-state index in [1.54, 1.807) is 11.7 Å². The monoisotopic (exact) mass is 491 g/mol. The number of esters is 1. The van der Waals surface area contributed by atoms with E-state index >= 15 is 0 Å². The molecule has 0 radical (unpaired) electrons. The SMILES string of the molecule is C=C(C)C(=O)OCCc1c(CCCC)c(CCCC)c(O)c(-n2nc3ccccc3n2)c1CCCC. The Labute approximate surface area is 215 Å². The van der Waals surface area contributed by atoms with E-state index in [2.05, 4.69) is 27.4 Å². The van der Waals surface area contributed by atoms with Crippen LogP contribution in [-0.4, -0.2) is 32.7 Å². The first-order chi connectivity index (χ1) is 17.4. The van der Waals surface area contributed by atoms with Gasteiger partial charge in [0.2, 0.25) is 0 Å². The maximum absolute atomic E-state index is 12.1. The van der Waals surface area contributed by atoms with Crippen molar-refractivity contribution in [2.24, 2.45) is 0 Å². The number of ether oxygens (including phenoxy) is 1. The molecule has 0 aliphatic rings. The minimum Gasteiger partial charge on any atom is -0.505 e. The van der Waals surface area contributed by atoms with Crippen molar-refractivity contribution in [1.82, 2.24) is 15.0 Å². The maximum Gasteiger partial charge on any atom is 0.333 e. The van der Waals surface area contributed by atoms with E-state index in [1.807, 2.05) is 24.3 Å². The van der Waals surface area contributed by atoms with Gasteiger partial charge in [0, 0.05) is 12.0 Å². The fraction of sp³-hybridized carbons (Fsp3) is 0.500. The number of hydrogen-bond acceptors (Lipinski definition) is 5. The predicted molar refractivity (Wildman–Crippen MR) is 146 cm³/mol. The van der Waals surface area contributed by atoms with Gasteiger partial charge < -0.3 is 9.84 Å². The van der Waals surface area contributed by atoms with Gasteiger partial charge in [-0.3, -0.25) is 0 Å². The lowest BCUT2D eigenvalue weighted by Crippen LogP contribution is -2.16. The Bertz CT molecular complexity index is 1160. The molecule has 0 saturated heterocycles. The molecule has 6 nitrogen and oxygen atoms in total. The van der Waals surface area contributed by atoms with E-state index in [4.69, 9.17) is 14.9 Å². The molecule has 36 heavy (non-hydrogen) atoms. The van der Waals surface area contributed by atoms with Crippen LogP contribution in [-0.2, 0) is 35.2 Å². The Morgan fingerprint density at radius 1 is 0.861 bits per heavy atom. The molecule has 3 aromatic rings. The lowest BCUT2D eigenvalue weighted by Gasteiger charge is -2.24. The van der Waals surface area contributed by atoms with Gasteiger partial charge in [-0.2, -0.15) is 0 Å². The smallest absolute Gasteiger partial charge is 0.333 e. The van der Waals surface area contributed by atoms with Crippen molar-refractivity contribution in [3.63, 3.8) is 0 Å². The summed E-state index contributed by atoms with van der Waals surface area (Å²) in [6, 6.07) is 7.77. The second-order valence-electron chi connectivity index (χ2n) is 9.57. The molecule has 0 spiro atoms. The first kappa shape index (κ1) is 27.4. The lowest BCUT2D eigenvalue weighted by molar-refractivity contribution is -0.138. The average molecular weight is 492 g/mol. The molecule has 0 aliphatic carbocycles.